The number of anilines is 1. The summed E-state index contributed by atoms with van der Waals surface area (Å²) in [4.78, 5) is 4.58. The second-order valence-corrected chi connectivity index (χ2v) is 4.67. The van der Waals surface area contributed by atoms with Gasteiger partial charge in [0.25, 0.3) is 0 Å². The number of pyridine rings is 1. The number of nitrogens with two attached hydrogens (primary N) is 1. The van der Waals surface area contributed by atoms with E-state index in [1.54, 1.807) is 6.20 Å². The van der Waals surface area contributed by atoms with Gasteiger partial charge in [0.2, 0.25) is 0 Å². The molecule has 1 aliphatic rings. The quantitative estimate of drug-likeness (QED) is 0.832. The molecule has 0 aliphatic carbocycles. The molecule has 1 aliphatic heterocycles. The first kappa shape index (κ1) is 13.1. The van der Waals surface area contributed by atoms with Gasteiger partial charge in [-0.1, -0.05) is 24.3 Å². The number of halogens is 1. The zero-order valence-corrected chi connectivity index (χ0v) is 11.0. The summed E-state index contributed by atoms with van der Waals surface area (Å²) in [7, 11) is 0. The predicted octanol–water partition coefficient (Wildman–Crippen LogP) is 2.71. The van der Waals surface area contributed by atoms with Gasteiger partial charge >= 0.3 is 0 Å². The summed E-state index contributed by atoms with van der Waals surface area (Å²) < 4.78 is 0. The number of fused-ring (bicyclic) bond motifs is 1. The number of hydrogen-bond donors (Lipinski definition) is 2. The van der Waals surface area contributed by atoms with Crippen LogP contribution in [0.1, 0.15) is 24.5 Å². The minimum absolute atomic E-state index is 0. The van der Waals surface area contributed by atoms with Crippen molar-refractivity contribution in [2.45, 2.75) is 18.8 Å². The fourth-order valence-corrected chi connectivity index (χ4v) is 2.66. The molecule has 4 heteroatoms. The summed E-state index contributed by atoms with van der Waals surface area (Å²) in [6, 6.07) is 8.31. The molecule has 1 fully saturated rings. The SMILES string of the molecule is Cl.Nc1cnc(C2CCNCC2)c2ccccc12. The van der Waals surface area contributed by atoms with Crippen molar-refractivity contribution < 1.29 is 0 Å². The minimum atomic E-state index is 0. The number of benzene rings is 1. The molecule has 0 atom stereocenters. The van der Waals surface area contributed by atoms with Crippen molar-refractivity contribution in [3.8, 4) is 0 Å². The summed E-state index contributed by atoms with van der Waals surface area (Å²) in [6.45, 7) is 2.18. The fourth-order valence-electron chi connectivity index (χ4n) is 2.66. The smallest absolute Gasteiger partial charge is 0.0580 e. The Morgan fingerprint density at radius 2 is 1.78 bits per heavy atom. The second-order valence-electron chi connectivity index (χ2n) is 4.67. The maximum absolute atomic E-state index is 5.98. The van der Waals surface area contributed by atoms with E-state index in [0.29, 0.717) is 5.92 Å². The van der Waals surface area contributed by atoms with Gasteiger partial charge in [0, 0.05) is 16.7 Å². The second kappa shape index (κ2) is 5.55. The van der Waals surface area contributed by atoms with Crippen LogP contribution in [0.2, 0.25) is 0 Å². The van der Waals surface area contributed by atoms with Crippen LogP contribution in [0.15, 0.2) is 30.5 Å². The average Bonchev–Trinajstić information content (AvgIpc) is 2.41. The molecule has 2 heterocycles. The summed E-state index contributed by atoms with van der Waals surface area (Å²) in [5.74, 6) is 0.571. The topological polar surface area (TPSA) is 50.9 Å². The van der Waals surface area contributed by atoms with Crippen molar-refractivity contribution in [3.63, 3.8) is 0 Å². The van der Waals surface area contributed by atoms with Crippen molar-refractivity contribution in [1.29, 1.82) is 0 Å². The van der Waals surface area contributed by atoms with Gasteiger partial charge in [-0.15, -0.1) is 12.4 Å². The number of aromatic nitrogens is 1. The van der Waals surface area contributed by atoms with Crippen LogP contribution in [0.4, 0.5) is 5.69 Å². The third-order valence-electron chi connectivity index (χ3n) is 3.58. The molecule has 1 saturated heterocycles. The Labute approximate surface area is 113 Å². The zero-order valence-electron chi connectivity index (χ0n) is 10.2. The molecule has 0 unspecified atom stereocenters. The number of piperidine rings is 1. The number of nitrogens with one attached hydrogen (secondary N) is 1. The molecule has 0 radical (unpaired) electrons. The number of nitrogen functional groups attached to an aromatic ring is 1. The molecule has 0 saturated carbocycles. The molecule has 18 heavy (non-hydrogen) atoms. The maximum Gasteiger partial charge on any atom is 0.0580 e. The summed E-state index contributed by atoms with van der Waals surface area (Å²) in [5, 5.41) is 5.75. The van der Waals surface area contributed by atoms with Crippen LogP contribution in [-0.2, 0) is 0 Å². The van der Waals surface area contributed by atoms with Crippen LogP contribution in [0.25, 0.3) is 10.8 Å². The summed E-state index contributed by atoms with van der Waals surface area (Å²) >= 11 is 0. The highest BCUT2D eigenvalue weighted by Gasteiger charge is 2.19. The highest BCUT2D eigenvalue weighted by molar-refractivity contribution is 5.94. The lowest BCUT2D eigenvalue weighted by atomic mass is 9.91. The first-order valence-corrected chi connectivity index (χ1v) is 6.20. The van der Waals surface area contributed by atoms with Gasteiger partial charge in [-0.05, 0) is 25.9 Å². The molecule has 0 bridgehead atoms. The Morgan fingerprint density at radius 3 is 2.50 bits per heavy atom. The molecule has 0 amide bonds. The normalized spacial score (nSPS) is 16.4. The van der Waals surface area contributed by atoms with Crippen molar-refractivity contribution in [1.82, 2.24) is 10.3 Å². The average molecular weight is 264 g/mol. The van der Waals surface area contributed by atoms with E-state index in [2.05, 4.69) is 28.5 Å². The highest BCUT2D eigenvalue weighted by Crippen LogP contribution is 2.31. The van der Waals surface area contributed by atoms with Crippen LogP contribution in [0.5, 0.6) is 0 Å². The van der Waals surface area contributed by atoms with Crippen LogP contribution < -0.4 is 11.1 Å². The lowest BCUT2D eigenvalue weighted by Gasteiger charge is -2.23. The standard InChI is InChI=1S/C14H17N3.ClH/c15-13-9-17-14(10-5-7-16-8-6-10)12-4-2-1-3-11(12)13;/h1-4,9-10,16H,5-8,15H2;1H. The first-order chi connectivity index (χ1) is 8.36. The number of nitrogens with zero attached hydrogens (tertiary/aromatic N) is 1. The Kier molecular flexibility index (Phi) is 4.04. The van der Waals surface area contributed by atoms with E-state index in [-0.39, 0.29) is 12.4 Å². The Bertz CT molecular complexity index is 536. The molecule has 1 aromatic heterocycles. The van der Waals surface area contributed by atoms with E-state index < -0.39 is 0 Å². The van der Waals surface area contributed by atoms with Crippen LogP contribution in [0, 0.1) is 0 Å². The Hall–Kier alpha value is -1.32. The predicted molar refractivity (Wildman–Crippen MR) is 78.2 cm³/mol. The van der Waals surface area contributed by atoms with Gasteiger partial charge in [0.15, 0.2) is 0 Å². The Morgan fingerprint density at radius 1 is 1.11 bits per heavy atom. The molecule has 3 N–H and O–H groups in total. The van der Waals surface area contributed by atoms with Gasteiger partial charge in [0.1, 0.15) is 0 Å². The van der Waals surface area contributed by atoms with E-state index in [0.717, 1.165) is 24.2 Å². The first-order valence-electron chi connectivity index (χ1n) is 6.20. The van der Waals surface area contributed by atoms with E-state index in [9.17, 15) is 0 Å². The third-order valence-corrected chi connectivity index (χ3v) is 3.58. The van der Waals surface area contributed by atoms with Crippen molar-refractivity contribution >= 4 is 28.9 Å². The van der Waals surface area contributed by atoms with Gasteiger partial charge in [-0.2, -0.15) is 0 Å². The van der Waals surface area contributed by atoms with Crippen molar-refractivity contribution in [2.24, 2.45) is 0 Å². The molecule has 3 nitrogen and oxygen atoms in total. The van der Waals surface area contributed by atoms with Gasteiger partial charge in [-0.25, -0.2) is 0 Å². The van der Waals surface area contributed by atoms with Crippen LogP contribution >= 0.6 is 12.4 Å². The molecule has 96 valence electrons. The maximum atomic E-state index is 5.98. The van der Waals surface area contributed by atoms with Gasteiger partial charge in [0.05, 0.1) is 17.6 Å². The Balaban J connectivity index is 0.00000120. The molecule has 2 aromatic rings. The van der Waals surface area contributed by atoms with Crippen LogP contribution in [-0.4, -0.2) is 18.1 Å². The van der Waals surface area contributed by atoms with E-state index in [1.807, 2.05) is 6.07 Å². The lowest BCUT2D eigenvalue weighted by Crippen LogP contribution is -2.27. The number of rotatable bonds is 1. The van der Waals surface area contributed by atoms with Crippen molar-refractivity contribution in [2.75, 3.05) is 18.8 Å². The third kappa shape index (κ3) is 2.28. The summed E-state index contributed by atoms with van der Waals surface area (Å²) in [5.41, 5.74) is 7.97. The van der Waals surface area contributed by atoms with Crippen molar-refractivity contribution in [3.05, 3.63) is 36.2 Å². The molecular formula is C14H18ClN3. The summed E-state index contributed by atoms with van der Waals surface area (Å²) in [6.07, 6.45) is 4.14. The zero-order chi connectivity index (χ0) is 11.7. The van der Waals surface area contributed by atoms with Crippen LogP contribution in [0.3, 0.4) is 0 Å². The largest absolute Gasteiger partial charge is 0.397 e. The molecule has 0 spiro atoms. The molecule has 3 rings (SSSR count). The lowest BCUT2D eigenvalue weighted by molar-refractivity contribution is 0.456. The minimum Gasteiger partial charge on any atom is -0.397 e. The van der Waals surface area contributed by atoms with E-state index in [4.69, 9.17) is 5.73 Å². The monoisotopic (exact) mass is 263 g/mol. The number of hydrogen-bond acceptors (Lipinski definition) is 3. The van der Waals surface area contributed by atoms with E-state index in [1.165, 1.54) is 23.9 Å². The van der Waals surface area contributed by atoms with Gasteiger partial charge in [-0.3, -0.25) is 4.98 Å². The van der Waals surface area contributed by atoms with Gasteiger partial charge < -0.3 is 11.1 Å². The molecule has 1 aromatic carbocycles. The molecular weight excluding hydrogens is 246 g/mol. The van der Waals surface area contributed by atoms with E-state index >= 15 is 0 Å². The fraction of sp³-hybridized carbons (Fsp3) is 0.357. The highest BCUT2D eigenvalue weighted by atomic mass is 35.5.